The Balaban J connectivity index is 1.87. The average molecular weight is 316 g/mol. The molecule has 7 heteroatoms. The summed E-state index contributed by atoms with van der Waals surface area (Å²) in [7, 11) is 0. The van der Waals surface area contributed by atoms with E-state index in [0.717, 1.165) is 11.6 Å². The number of nitrogens with one attached hydrogen (secondary N) is 1. The Labute approximate surface area is 132 Å². The predicted octanol–water partition coefficient (Wildman–Crippen LogP) is 2.92. The Morgan fingerprint density at radius 3 is 2.61 bits per heavy atom. The van der Waals surface area contributed by atoms with Gasteiger partial charge < -0.3 is 15.2 Å². The molecule has 2 aromatic rings. The van der Waals surface area contributed by atoms with Crippen LogP contribution in [0.4, 0.5) is 11.4 Å². The Hall–Kier alpha value is -2.93. The molecule has 0 unspecified atom stereocenters. The summed E-state index contributed by atoms with van der Waals surface area (Å²) in [6.45, 7) is 1.20. The number of ether oxygens (including phenoxy) is 1. The molecule has 120 valence electrons. The first-order valence-electron chi connectivity index (χ1n) is 6.95. The molecule has 0 amide bonds. The second-order valence-electron chi connectivity index (χ2n) is 4.76. The third kappa shape index (κ3) is 4.79. The topological polar surface area (TPSA) is 102 Å². The summed E-state index contributed by atoms with van der Waals surface area (Å²) in [5.41, 5.74) is 0.920. The molecule has 0 aromatic heterocycles. The van der Waals surface area contributed by atoms with Gasteiger partial charge in [0.1, 0.15) is 5.69 Å². The molecule has 0 aliphatic carbocycles. The molecule has 2 rings (SSSR count). The van der Waals surface area contributed by atoms with Crippen LogP contribution in [0.15, 0.2) is 48.5 Å². The fourth-order valence-electron chi connectivity index (χ4n) is 1.99. The van der Waals surface area contributed by atoms with E-state index in [-0.39, 0.29) is 16.9 Å². The van der Waals surface area contributed by atoms with Crippen molar-refractivity contribution in [1.82, 2.24) is 0 Å². The SMILES string of the molecule is O=C(O)c1ccc(NCCOCc2ccccc2)c([N+](=O)[O-])c1. The quantitative estimate of drug-likeness (QED) is 0.441. The second-order valence-corrected chi connectivity index (χ2v) is 4.76. The van der Waals surface area contributed by atoms with Crippen LogP contribution in [0.1, 0.15) is 15.9 Å². The van der Waals surface area contributed by atoms with Crippen LogP contribution >= 0.6 is 0 Å². The van der Waals surface area contributed by atoms with Gasteiger partial charge in [0.15, 0.2) is 0 Å². The normalized spacial score (nSPS) is 10.3. The number of hydrogen-bond donors (Lipinski definition) is 2. The number of anilines is 1. The molecule has 0 bridgehead atoms. The van der Waals surface area contributed by atoms with Crippen molar-refractivity contribution in [2.45, 2.75) is 6.61 Å². The van der Waals surface area contributed by atoms with Crippen LogP contribution in [0.3, 0.4) is 0 Å². The zero-order valence-electron chi connectivity index (χ0n) is 12.3. The smallest absolute Gasteiger partial charge is 0.335 e. The summed E-state index contributed by atoms with van der Waals surface area (Å²) in [5, 5.41) is 22.8. The van der Waals surface area contributed by atoms with E-state index < -0.39 is 10.9 Å². The Morgan fingerprint density at radius 1 is 1.22 bits per heavy atom. The van der Waals surface area contributed by atoms with Crippen molar-refractivity contribution in [2.24, 2.45) is 0 Å². The van der Waals surface area contributed by atoms with E-state index in [9.17, 15) is 14.9 Å². The van der Waals surface area contributed by atoms with Gasteiger partial charge in [0.25, 0.3) is 5.69 Å². The van der Waals surface area contributed by atoms with Crippen molar-refractivity contribution in [2.75, 3.05) is 18.5 Å². The van der Waals surface area contributed by atoms with Gasteiger partial charge in [-0.3, -0.25) is 10.1 Å². The highest BCUT2D eigenvalue weighted by Crippen LogP contribution is 2.25. The van der Waals surface area contributed by atoms with Crippen LogP contribution in [0, 0.1) is 10.1 Å². The van der Waals surface area contributed by atoms with E-state index in [1.807, 2.05) is 30.3 Å². The number of benzene rings is 2. The lowest BCUT2D eigenvalue weighted by atomic mass is 10.1. The lowest BCUT2D eigenvalue weighted by Crippen LogP contribution is -2.11. The molecule has 0 atom stereocenters. The minimum absolute atomic E-state index is 0.123. The Morgan fingerprint density at radius 2 is 1.96 bits per heavy atom. The highest BCUT2D eigenvalue weighted by atomic mass is 16.6. The van der Waals surface area contributed by atoms with Crippen LogP contribution in [0.25, 0.3) is 0 Å². The van der Waals surface area contributed by atoms with Crippen molar-refractivity contribution in [1.29, 1.82) is 0 Å². The van der Waals surface area contributed by atoms with Crippen LogP contribution in [0.5, 0.6) is 0 Å². The molecule has 0 aliphatic rings. The summed E-state index contributed by atoms with van der Waals surface area (Å²) in [4.78, 5) is 21.3. The fraction of sp³-hybridized carbons (Fsp3) is 0.188. The fourth-order valence-corrected chi connectivity index (χ4v) is 1.99. The van der Waals surface area contributed by atoms with Gasteiger partial charge in [-0.25, -0.2) is 4.79 Å². The maximum Gasteiger partial charge on any atom is 0.335 e. The summed E-state index contributed by atoms with van der Waals surface area (Å²) >= 11 is 0. The van der Waals surface area contributed by atoms with Crippen molar-refractivity contribution < 1.29 is 19.6 Å². The van der Waals surface area contributed by atoms with Crippen molar-refractivity contribution in [3.63, 3.8) is 0 Å². The number of nitro benzene ring substituents is 1. The molecule has 7 nitrogen and oxygen atoms in total. The third-order valence-corrected chi connectivity index (χ3v) is 3.11. The number of carbonyl (C=O) groups is 1. The van der Waals surface area contributed by atoms with E-state index in [0.29, 0.717) is 19.8 Å². The Bertz CT molecular complexity index is 688. The third-order valence-electron chi connectivity index (χ3n) is 3.11. The van der Waals surface area contributed by atoms with E-state index in [1.54, 1.807) is 0 Å². The van der Waals surface area contributed by atoms with Gasteiger partial charge in [0.2, 0.25) is 0 Å². The van der Waals surface area contributed by atoms with E-state index in [2.05, 4.69) is 5.32 Å². The minimum atomic E-state index is -1.20. The number of hydrogen-bond acceptors (Lipinski definition) is 5. The van der Waals surface area contributed by atoms with Gasteiger partial charge in [-0.1, -0.05) is 30.3 Å². The van der Waals surface area contributed by atoms with E-state index in [1.165, 1.54) is 12.1 Å². The molecule has 0 saturated carbocycles. The molecule has 2 N–H and O–H groups in total. The van der Waals surface area contributed by atoms with Gasteiger partial charge in [0.05, 0.1) is 23.7 Å². The largest absolute Gasteiger partial charge is 0.478 e. The molecule has 0 fully saturated rings. The maximum absolute atomic E-state index is 11.0. The lowest BCUT2D eigenvalue weighted by Gasteiger charge is -2.08. The second kappa shape index (κ2) is 7.90. The van der Waals surface area contributed by atoms with Crippen molar-refractivity contribution in [3.05, 3.63) is 69.8 Å². The summed E-state index contributed by atoms with van der Waals surface area (Å²) < 4.78 is 5.48. The predicted molar refractivity (Wildman–Crippen MR) is 84.6 cm³/mol. The number of nitrogens with zero attached hydrogens (tertiary/aromatic N) is 1. The first-order valence-corrected chi connectivity index (χ1v) is 6.95. The molecule has 0 aliphatic heterocycles. The maximum atomic E-state index is 11.0. The molecular formula is C16H16N2O5. The van der Waals surface area contributed by atoms with Gasteiger partial charge >= 0.3 is 5.97 Å². The minimum Gasteiger partial charge on any atom is -0.478 e. The number of nitro groups is 1. The molecular weight excluding hydrogens is 300 g/mol. The number of carboxylic acids is 1. The highest BCUT2D eigenvalue weighted by Gasteiger charge is 2.16. The van der Waals surface area contributed by atoms with Gasteiger partial charge in [-0.15, -0.1) is 0 Å². The number of rotatable bonds is 8. The molecule has 0 radical (unpaired) electrons. The highest BCUT2D eigenvalue weighted by molar-refractivity contribution is 5.89. The number of carboxylic acid groups (broad SMARTS) is 1. The summed E-state index contributed by atoms with van der Waals surface area (Å²) in [6, 6.07) is 13.4. The van der Waals surface area contributed by atoms with Crippen molar-refractivity contribution >= 4 is 17.3 Å². The standard InChI is InChI=1S/C16H16N2O5/c19-16(20)13-6-7-14(15(10-13)18(21)22)17-8-9-23-11-12-4-2-1-3-5-12/h1-7,10,17H,8-9,11H2,(H,19,20). The van der Waals surface area contributed by atoms with Crippen LogP contribution < -0.4 is 5.32 Å². The van der Waals surface area contributed by atoms with Gasteiger partial charge in [0, 0.05) is 12.6 Å². The average Bonchev–Trinajstić information content (AvgIpc) is 2.55. The van der Waals surface area contributed by atoms with Crippen LogP contribution in [-0.4, -0.2) is 29.2 Å². The van der Waals surface area contributed by atoms with Crippen LogP contribution in [0.2, 0.25) is 0 Å². The van der Waals surface area contributed by atoms with Crippen molar-refractivity contribution in [3.8, 4) is 0 Å². The molecule has 0 spiro atoms. The molecule has 0 heterocycles. The monoisotopic (exact) mass is 316 g/mol. The molecule has 23 heavy (non-hydrogen) atoms. The zero-order chi connectivity index (χ0) is 16.7. The molecule has 0 saturated heterocycles. The van der Waals surface area contributed by atoms with Gasteiger partial charge in [-0.05, 0) is 17.7 Å². The summed E-state index contributed by atoms with van der Waals surface area (Å²) in [5.74, 6) is -1.20. The van der Waals surface area contributed by atoms with E-state index in [4.69, 9.17) is 9.84 Å². The first kappa shape index (κ1) is 16.4. The Kier molecular flexibility index (Phi) is 5.65. The molecule has 2 aromatic carbocycles. The first-order chi connectivity index (χ1) is 11.1. The van der Waals surface area contributed by atoms with E-state index >= 15 is 0 Å². The lowest BCUT2D eigenvalue weighted by molar-refractivity contribution is -0.384. The zero-order valence-corrected chi connectivity index (χ0v) is 12.3. The summed E-state index contributed by atoms with van der Waals surface area (Å²) in [6.07, 6.45) is 0. The van der Waals surface area contributed by atoms with Gasteiger partial charge in [-0.2, -0.15) is 0 Å². The van der Waals surface area contributed by atoms with Crippen LogP contribution in [-0.2, 0) is 11.3 Å². The number of aromatic carboxylic acids is 1.